The first-order chi connectivity index (χ1) is 9.72. The average molecular weight is 271 g/mol. The number of phenolic OH excluding ortho intramolecular Hbond substituents is 1. The molecule has 2 bridgehead atoms. The zero-order valence-corrected chi connectivity index (χ0v) is 12.3. The molecule has 2 N–H and O–H groups in total. The Kier molecular flexibility index (Phi) is 3.03. The first-order valence-electron chi connectivity index (χ1n) is 8.26. The summed E-state index contributed by atoms with van der Waals surface area (Å²) in [5, 5.41) is 13.2. The fourth-order valence-corrected chi connectivity index (χ4v) is 5.01. The van der Waals surface area contributed by atoms with Gasteiger partial charge in [-0.3, -0.25) is 0 Å². The van der Waals surface area contributed by atoms with Gasteiger partial charge in [0.05, 0.1) is 0 Å². The molecule has 1 aromatic rings. The maximum absolute atomic E-state index is 9.30. The molecule has 0 aliphatic heterocycles. The van der Waals surface area contributed by atoms with E-state index in [0.717, 1.165) is 36.1 Å². The third-order valence-electron chi connectivity index (χ3n) is 6.01. The van der Waals surface area contributed by atoms with Gasteiger partial charge in [-0.05, 0) is 80.4 Å². The Labute approximate surface area is 121 Å². The van der Waals surface area contributed by atoms with Crippen molar-refractivity contribution in [3.05, 3.63) is 29.8 Å². The van der Waals surface area contributed by atoms with Crippen LogP contribution in [0.25, 0.3) is 0 Å². The van der Waals surface area contributed by atoms with E-state index in [1.807, 2.05) is 12.1 Å². The normalized spacial score (nSPS) is 38.8. The fourth-order valence-electron chi connectivity index (χ4n) is 5.01. The van der Waals surface area contributed by atoms with E-state index in [1.165, 1.54) is 31.2 Å². The molecule has 5 atom stereocenters. The van der Waals surface area contributed by atoms with E-state index >= 15 is 0 Å². The maximum Gasteiger partial charge on any atom is 0.115 e. The van der Waals surface area contributed by atoms with Crippen molar-refractivity contribution in [2.75, 3.05) is 0 Å². The van der Waals surface area contributed by atoms with Crippen LogP contribution < -0.4 is 5.32 Å². The highest BCUT2D eigenvalue weighted by Gasteiger charge is 2.64. The van der Waals surface area contributed by atoms with Crippen LogP contribution in [0.1, 0.15) is 38.2 Å². The maximum atomic E-state index is 9.30. The Morgan fingerprint density at radius 2 is 1.80 bits per heavy atom. The molecule has 3 fully saturated rings. The minimum absolute atomic E-state index is 0.362. The molecule has 2 heteroatoms. The van der Waals surface area contributed by atoms with Crippen LogP contribution in [0.3, 0.4) is 0 Å². The second-order valence-electron chi connectivity index (χ2n) is 7.29. The van der Waals surface area contributed by atoms with Crippen molar-refractivity contribution in [1.82, 2.24) is 5.32 Å². The lowest BCUT2D eigenvalue weighted by molar-refractivity contribution is 0.416. The first-order valence-corrected chi connectivity index (χ1v) is 8.26. The van der Waals surface area contributed by atoms with E-state index < -0.39 is 0 Å². The molecule has 0 aromatic heterocycles. The van der Waals surface area contributed by atoms with Crippen molar-refractivity contribution in [2.24, 2.45) is 23.7 Å². The Bertz CT molecular complexity index is 467. The number of aryl methyl sites for hydroxylation is 1. The summed E-state index contributed by atoms with van der Waals surface area (Å²) in [4.78, 5) is 0. The largest absolute Gasteiger partial charge is 0.508 e. The second kappa shape index (κ2) is 4.77. The van der Waals surface area contributed by atoms with Crippen LogP contribution in [0.5, 0.6) is 5.75 Å². The predicted octanol–water partition coefficient (Wildman–Crippen LogP) is 3.35. The Balaban J connectivity index is 1.25. The van der Waals surface area contributed by atoms with Crippen molar-refractivity contribution in [2.45, 2.75) is 51.1 Å². The van der Waals surface area contributed by atoms with Crippen molar-refractivity contribution in [3.8, 4) is 5.75 Å². The van der Waals surface area contributed by atoms with Crippen LogP contribution in [0, 0.1) is 23.7 Å². The highest BCUT2D eigenvalue weighted by atomic mass is 16.3. The molecule has 4 rings (SSSR count). The third kappa shape index (κ3) is 2.14. The summed E-state index contributed by atoms with van der Waals surface area (Å²) in [5.74, 6) is 4.55. The molecule has 3 aliphatic rings. The first kappa shape index (κ1) is 12.7. The van der Waals surface area contributed by atoms with E-state index in [2.05, 4.69) is 12.2 Å². The van der Waals surface area contributed by atoms with Gasteiger partial charge in [0.1, 0.15) is 5.75 Å². The van der Waals surface area contributed by atoms with Crippen LogP contribution in [0.4, 0.5) is 0 Å². The highest BCUT2D eigenvalue weighted by molar-refractivity contribution is 5.26. The van der Waals surface area contributed by atoms with Crippen molar-refractivity contribution < 1.29 is 5.11 Å². The van der Waals surface area contributed by atoms with Gasteiger partial charge in [-0.25, -0.2) is 0 Å². The smallest absolute Gasteiger partial charge is 0.115 e. The number of rotatable bonds is 5. The van der Waals surface area contributed by atoms with Crippen LogP contribution in [-0.4, -0.2) is 17.2 Å². The Hall–Kier alpha value is -1.02. The molecular formula is C18H25NO. The topological polar surface area (TPSA) is 32.3 Å². The predicted molar refractivity (Wildman–Crippen MR) is 80.6 cm³/mol. The second-order valence-corrected chi connectivity index (χ2v) is 7.29. The average Bonchev–Trinajstić information content (AvgIpc) is 2.84. The minimum atomic E-state index is 0.362. The third-order valence-corrected chi connectivity index (χ3v) is 6.01. The van der Waals surface area contributed by atoms with Crippen LogP contribution in [0.15, 0.2) is 24.3 Å². The summed E-state index contributed by atoms with van der Waals surface area (Å²) >= 11 is 0. The molecule has 3 saturated carbocycles. The zero-order valence-electron chi connectivity index (χ0n) is 12.3. The lowest BCUT2D eigenvalue weighted by atomic mass is 10.0. The molecule has 5 unspecified atom stereocenters. The summed E-state index contributed by atoms with van der Waals surface area (Å²) in [7, 11) is 0. The van der Waals surface area contributed by atoms with Crippen molar-refractivity contribution >= 4 is 0 Å². The number of hydrogen-bond donors (Lipinski definition) is 2. The lowest BCUT2D eigenvalue weighted by Gasteiger charge is -2.17. The van der Waals surface area contributed by atoms with Crippen LogP contribution in [-0.2, 0) is 6.42 Å². The van der Waals surface area contributed by atoms with Crippen LogP contribution >= 0.6 is 0 Å². The van der Waals surface area contributed by atoms with E-state index in [0.29, 0.717) is 11.8 Å². The highest BCUT2D eigenvalue weighted by Crippen LogP contribution is 2.65. The molecule has 0 spiro atoms. The summed E-state index contributed by atoms with van der Waals surface area (Å²) in [5.41, 5.74) is 1.33. The molecule has 0 heterocycles. The number of nitrogens with one attached hydrogen (secondary N) is 1. The molecule has 108 valence electrons. The SMILES string of the molecule is CC(CCc1ccc(O)cc1)NC1C2C3CCC(C3)C12. The van der Waals surface area contributed by atoms with Gasteiger partial charge in [-0.1, -0.05) is 12.1 Å². The molecule has 2 nitrogen and oxygen atoms in total. The number of benzene rings is 1. The molecule has 20 heavy (non-hydrogen) atoms. The van der Waals surface area contributed by atoms with Crippen LogP contribution in [0.2, 0.25) is 0 Å². The van der Waals surface area contributed by atoms with Gasteiger partial charge in [-0.15, -0.1) is 0 Å². The van der Waals surface area contributed by atoms with E-state index in [-0.39, 0.29) is 0 Å². The van der Waals surface area contributed by atoms with Gasteiger partial charge in [0.15, 0.2) is 0 Å². The number of aromatic hydroxyl groups is 1. The van der Waals surface area contributed by atoms with Gasteiger partial charge in [0.2, 0.25) is 0 Å². The van der Waals surface area contributed by atoms with Crippen molar-refractivity contribution in [3.63, 3.8) is 0 Å². The summed E-state index contributed by atoms with van der Waals surface area (Å²) in [6.07, 6.45) is 6.84. The van der Waals surface area contributed by atoms with Gasteiger partial charge in [0, 0.05) is 12.1 Å². The van der Waals surface area contributed by atoms with E-state index in [4.69, 9.17) is 0 Å². The number of phenols is 1. The van der Waals surface area contributed by atoms with E-state index in [9.17, 15) is 5.11 Å². The fraction of sp³-hybridized carbons (Fsp3) is 0.667. The van der Waals surface area contributed by atoms with Gasteiger partial charge < -0.3 is 10.4 Å². The molecule has 1 aromatic carbocycles. The molecule has 0 amide bonds. The summed E-state index contributed by atoms with van der Waals surface area (Å²) < 4.78 is 0. The van der Waals surface area contributed by atoms with Gasteiger partial charge in [-0.2, -0.15) is 0 Å². The lowest BCUT2D eigenvalue weighted by Crippen LogP contribution is -2.32. The van der Waals surface area contributed by atoms with Crippen molar-refractivity contribution in [1.29, 1.82) is 0 Å². The van der Waals surface area contributed by atoms with Gasteiger partial charge in [0.25, 0.3) is 0 Å². The molecular weight excluding hydrogens is 246 g/mol. The molecule has 0 radical (unpaired) electrons. The van der Waals surface area contributed by atoms with E-state index in [1.54, 1.807) is 12.1 Å². The number of hydrogen-bond acceptors (Lipinski definition) is 2. The minimum Gasteiger partial charge on any atom is -0.508 e. The molecule has 3 aliphatic carbocycles. The summed E-state index contributed by atoms with van der Waals surface area (Å²) in [6, 6.07) is 9.10. The number of fused-ring (bicyclic) bond motifs is 5. The summed E-state index contributed by atoms with van der Waals surface area (Å²) in [6.45, 7) is 2.33. The molecule has 0 saturated heterocycles. The van der Waals surface area contributed by atoms with Gasteiger partial charge >= 0.3 is 0 Å². The quantitative estimate of drug-likeness (QED) is 0.861. The monoisotopic (exact) mass is 271 g/mol. The Morgan fingerprint density at radius 1 is 1.15 bits per heavy atom. The zero-order chi connectivity index (χ0) is 13.7. The Morgan fingerprint density at radius 3 is 2.45 bits per heavy atom. The standard InChI is InChI=1S/C18H25NO/c1-11(2-3-12-4-8-15(20)9-5-12)19-18-16-13-6-7-14(10-13)17(16)18/h4-5,8-9,11,13-14,16-20H,2-3,6-7,10H2,1H3.